The van der Waals surface area contributed by atoms with Crippen LogP contribution in [0.1, 0.15) is 18.4 Å². The second-order valence-corrected chi connectivity index (χ2v) is 6.21. The lowest BCUT2D eigenvalue weighted by Gasteiger charge is -2.17. The van der Waals surface area contributed by atoms with Crippen LogP contribution < -0.4 is 4.74 Å². The second-order valence-electron chi connectivity index (χ2n) is 6.21. The van der Waals surface area contributed by atoms with Gasteiger partial charge in [-0.2, -0.15) is 0 Å². The van der Waals surface area contributed by atoms with Gasteiger partial charge in [0.15, 0.2) is 0 Å². The van der Waals surface area contributed by atoms with Gasteiger partial charge in [-0.25, -0.2) is 0 Å². The Morgan fingerprint density at radius 1 is 0.818 bits per heavy atom. The number of benzene rings is 3. The molecule has 2 unspecified atom stereocenters. The Labute approximate surface area is 129 Å². The minimum atomic E-state index is 0.134. The van der Waals surface area contributed by atoms with Crippen LogP contribution in [-0.4, -0.2) is 6.10 Å². The van der Waals surface area contributed by atoms with Crippen molar-refractivity contribution in [2.75, 3.05) is 0 Å². The highest BCUT2D eigenvalue weighted by atomic mass is 16.5. The molecule has 3 aromatic rings. The molecule has 0 saturated carbocycles. The van der Waals surface area contributed by atoms with Gasteiger partial charge in [-0.05, 0) is 29.2 Å². The van der Waals surface area contributed by atoms with E-state index < -0.39 is 0 Å². The lowest BCUT2D eigenvalue weighted by molar-refractivity contribution is 0.270. The first-order chi connectivity index (χ1) is 10.8. The molecule has 0 fully saturated rings. The first kappa shape index (κ1) is 12.0. The van der Waals surface area contributed by atoms with Gasteiger partial charge in [0.25, 0.3) is 0 Å². The van der Waals surface area contributed by atoms with E-state index in [0.29, 0.717) is 5.92 Å². The van der Waals surface area contributed by atoms with Crippen LogP contribution in [0, 0.1) is 0 Å². The molecule has 0 amide bonds. The van der Waals surface area contributed by atoms with E-state index >= 15 is 0 Å². The molecule has 106 valence electrons. The van der Waals surface area contributed by atoms with Crippen molar-refractivity contribution >= 4 is 21.5 Å². The Hall–Kier alpha value is -2.54. The summed E-state index contributed by atoms with van der Waals surface area (Å²) in [5, 5.41) is 5.15. The third-order valence-corrected chi connectivity index (χ3v) is 4.86. The van der Waals surface area contributed by atoms with Gasteiger partial charge in [0.05, 0.1) is 0 Å². The molecule has 2 atom stereocenters. The zero-order valence-electron chi connectivity index (χ0n) is 12.4. The first-order valence-corrected chi connectivity index (χ1v) is 7.79. The number of hydrogen-bond donors (Lipinski definition) is 0. The van der Waals surface area contributed by atoms with Gasteiger partial charge in [0.2, 0.25) is 0 Å². The minimum absolute atomic E-state index is 0.134. The highest BCUT2D eigenvalue weighted by molar-refractivity contribution is 6.12. The van der Waals surface area contributed by atoms with Gasteiger partial charge in [-0.1, -0.05) is 66.3 Å². The van der Waals surface area contributed by atoms with Crippen molar-refractivity contribution in [3.05, 3.63) is 77.9 Å². The molecule has 1 aliphatic carbocycles. The average molecular weight is 284 g/mol. The van der Waals surface area contributed by atoms with E-state index in [1.807, 2.05) is 0 Å². The van der Waals surface area contributed by atoms with Crippen molar-refractivity contribution in [2.45, 2.75) is 18.9 Å². The van der Waals surface area contributed by atoms with Crippen LogP contribution in [0.4, 0.5) is 0 Å². The molecule has 0 saturated heterocycles. The van der Waals surface area contributed by atoms with E-state index in [1.54, 1.807) is 0 Å². The highest BCUT2D eigenvalue weighted by Crippen LogP contribution is 2.49. The van der Waals surface area contributed by atoms with Gasteiger partial charge < -0.3 is 4.74 Å². The molecule has 0 radical (unpaired) electrons. The average Bonchev–Trinajstić information content (AvgIpc) is 2.94. The largest absolute Gasteiger partial charge is 0.484 e. The number of fused-ring (bicyclic) bond motifs is 8. The Balaban J connectivity index is 1.94. The minimum Gasteiger partial charge on any atom is -0.484 e. The molecule has 5 rings (SSSR count). The molecule has 22 heavy (non-hydrogen) atoms. The third kappa shape index (κ3) is 1.48. The van der Waals surface area contributed by atoms with Gasteiger partial charge in [0, 0.05) is 16.9 Å². The molecule has 0 N–H and O–H groups in total. The van der Waals surface area contributed by atoms with Crippen LogP contribution in [0.15, 0.2) is 72.3 Å². The second kappa shape index (κ2) is 4.23. The van der Waals surface area contributed by atoms with Gasteiger partial charge in [-0.15, -0.1) is 0 Å². The van der Waals surface area contributed by atoms with E-state index in [4.69, 9.17) is 4.74 Å². The molecule has 2 aliphatic rings. The maximum atomic E-state index is 6.38. The van der Waals surface area contributed by atoms with Crippen LogP contribution in [0.2, 0.25) is 0 Å². The van der Waals surface area contributed by atoms with E-state index in [1.165, 1.54) is 32.7 Å². The number of allylic oxidation sites excluding steroid dienone is 2. The Morgan fingerprint density at radius 2 is 1.45 bits per heavy atom. The number of rotatable bonds is 0. The van der Waals surface area contributed by atoms with Crippen molar-refractivity contribution in [1.29, 1.82) is 0 Å². The summed E-state index contributed by atoms with van der Waals surface area (Å²) in [4.78, 5) is 0. The fraction of sp³-hybridized carbons (Fsp3) is 0.143. The van der Waals surface area contributed by atoms with Gasteiger partial charge in [-0.3, -0.25) is 0 Å². The molecule has 0 aromatic heterocycles. The van der Waals surface area contributed by atoms with Crippen molar-refractivity contribution < 1.29 is 4.74 Å². The summed E-state index contributed by atoms with van der Waals surface area (Å²) in [6.07, 6.45) is 6.89. The van der Waals surface area contributed by atoms with Crippen LogP contribution in [0.3, 0.4) is 0 Å². The highest BCUT2D eigenvalue weighted by Gasteiger charge is 2.35. The third-order valence-electron chi connectivity index (χ3n) is 4.86. The van der Waals surface area contributed by atoms with E-state index in [-0.39, 0.29) is 6.10 Å². The van der Waals surface area contributed by atoms with Crippen LogP contribution in [0.5, 0.6) is 5.75 Å². The lowest BCUT2D eigenvalue weighted by atomic mass is 9.85. The summed E-state index contributed by atoms with van der Waals surface area (Å²) in [7, 11) is 0. The summed E-state index contributed by atoms with van der Waals surface area (Å²) in [5.74, 6) is 1.40. The predicted octanol–water partition coefficient (Wildman–Crippen LogP) is 5.35. The Bertz CT molecular complexity index is 978. The molecule has 1 heteroatoms. The summed E-state index contributed by atoms with van der Waals surface area (Å²) in [6, 6.07) is 17.3. The molecule has 1 nitrogen and oxygen atoms in total. The van der Waals surface area contributed by atoms with E-state index in [0.717, 1.165) is 5.75 Å². The van der Waals surface area contributed by atoms with E-state index in [2.05, 4.69) is 73.7 Å². The fourth-order valence-corrected chi connectivity index (χ4v) is 3.88. The molecule has 1 heterocycles. The molecule has 1 aliphatic heterocycles. The maximum Gasteiger partial charge on any atom is 0.132 e. The lowest BCUT2D eigenvalue weighted by Crippen LogP contribution is -2.17. The molecular formula is C21H16O. The molecular weight excluding hydrogens is 268 g/mol. The zero-order valence-corrected chi connectivity index (χ0v) is 12.4. The monoisotopic (exact) mass is 284 g/mol. The normalized spacial score (nSPS) is 22.3. The summed E-state index contributed by atoms with van der Waals surface area (Å²) in [5.41, 5.74) is 2.63. The van der Waals surface area contributed by atoms with Crippen LogP contribution >= 0.6 is 0 Å². The quantitative estimate of drug-likeness (QED) is 0.505. The number of hydrogen-bond acceptors (Lipinski definition) is 1. The maximum absolute atomic E-state index is 6.38. The Kier molecular flexibility index (Phi) is 2.32. The zero-order chi connectivity index (χ0) is 14.7. The fourth-order valence-electron chi connectivity index (χ4n) is 3.88. The molecule has 0 bridgehead atoms. The predicted molar refractivity (Wildman–Crippen MR) is 91.5 cm³/mol. The summed E-state index contributed by atoms with van der Waals surface area (Å²) < 4.78 is 6.38. The standard InChI is InChI=1S/C21H16O/c1-13-10-11-18-19(12-13)22-21-17-9-5-3-7-15(17)14-6-2-4-8-16(14)20(18)21/h2-12,18-19H,1H3. The van der Waals surface area contributed by atoms with E-state index in [9.17, 15) is 0 Å². The topological polar surface area (TPSA) is 9.23 Å². The molecule has 0 spiro atoms. The smallest absolute Gasteiger partial charge is 0.132 e. The van der Waals surface area contributed by atoms with Crippen LogP contribution in [-0.2, 0) is 0 Å². The first-order valence-electron chi connectivity index (χ1n) is 7.79. The van der Waals surface area contributed by atoms with Gasteiger partial charge in [0.1, 0.15) is 11.9 Å². The van der Waals surface area contributed by atoms with Gasteiger partial charge >= 0.3 is 0 Å². The summed E-state index contributed by atoms with van der Waals surface area (Å²) in [6.45, 7) is 2.13. The van der Waals surface area contributed by atoms with Crippen LogP contribution in [0.25, 0.3) is 21.5 Å². The summed E-state index contributed by atoms with van der Waals surface area (Å²) >= 11 is 0. The number of ether oxygens (including phenoxy) is 1. The van der Waals surface area contributed by atoms with Crippen molar-refractivity contribution in [3.8, 4) is 5.75 Å². The SMILES string of the molecule is CC1=CC2Oc3c(c4ccccc4c4ccccc34)C2C=C1. The van der Waals surface area contributed by atoms with Crippen molar-refractivity contribution in [2.24, 2.45) is 0 Å². The van der Waals surface area contributed by atoms with Crippen molar-refractivity contribution in [3.63, 3.8) is 0 Å². The molecule has 3 aromatic carbocycles. The Morgan fingerprint density at radius 3 is 2.23 bits per heavy atom. The van der Waals surface area contributed by atoms with Crippen molar-refractivity contribution in [1.82, 2.24) is 0 Å².